The average Bonchev–Trinajstić information content (AvgIpc) is 3.24. The molecule has 1 aromatic carbocycles. The van der Waals surface area contributed by atoms with Crippen LogP contribution in [0.5, 0.6) is 0 Å². The van der Waals surface area contributed by atoms with E-state index in [-0.39, 0.29) is 12.0 Å². The van der Waals surface area contributed by atoms with E-state index in [1.807, 2.05) is 37.6 Å². The summed E-state index contributed by atoms with van der Waals surface area (Å²) >= 11 is 0. The molecule has 0 radical (unpaired) electrons. The summed E-state index contributed by atoms with van der Waals surface area (Å²) in [5.74, 6) is -0.174. The van der Waals surface area contributed by atoms with E-state index in [4.69, 9.17) is 4.74 Å². The third kappa shape index (κ3) is 4.51. The summed E-state index contributed by atoms with van der Waals surface area (Å²) in [6, 6.07) is 10.6. The van der Waals surface area contributed by atoms with Crippen LogP contribution in [0.2, 0.25) is 0 Å². The molecule has 1 aliphatic rings. The number of carbonyl (C=O) groups is 1. The van der Waals surface area contributed by atoms with E-state index in [1.165, 1.54) is 0 Å². The van der Waals surface area contributed by atoms with Crippen LogP contribution >= 0.6 is 0 Å². The molecule has 6 heteroatoms. The summed E-state index contributed by atoms with van der Waals surface area (Å²) in [6.45, 7) is 8.22. The smallest absolute Gasteiger partial charge is 0.307 e. The maximum Gasteiger partial charge on any atom is 0.307 e. The standard InChI is InChI=1S/C20H28N4O2/c1-4-26-20(25)12-19(22-17-8-9-21-13-17)16-6-5-7-18(11-16)24-15(3)10-14(2)23-24/h5-7,10-11,17,19,21-22H,4,8-9,12-13H2,1-3H3. The Morgan fingerprint density at radius 2 is 2.27 bits per heavy atom. The SMILES string of the molecule is CCOC(=O)CC(NC1CCNC1)c1cccc(-n2nc(C)cc2C)c1. The molecular weight excluding hydrogens is 328 g/mol. The second-order valence-electron chi connectivity index (χ2n) is 6.85. The van der Waals surface area contributed by atoms with Crippen LogP contribution in [-0.4, -0.2) is 41.5 Å². The lowest BCUT2D eigenvalue weighted by atomic mass is 10.0. The molecule has 0 amide bonds. The number of aromatic nitrogens is 2. The molecule has 6 nitrogen and oxygen atoms in total. The van der Waals surface area contributed by atoms with Gasteiger partial charge in [0.2, 0.25) is 0 Å². The Balaban J connectivity index is 1.85. The summed E-state index contributed by atoms with van der Waals surface area (Å²) < 4.78 is 7.13. The summed E-state index contributed by atoms with van der Waals surface area (Å²) in [6.07, 6.45) is 1.39. The monoisotopic (exact) mass is 356 g/mol. The first-order valence-corrected chi connectivity index (χ1v) is 9.32. The molecule has 2 aromatic rings. The molecule has 2 unspecified atom stereocenters. The lowest BCUT2D eigenvalue weighted by molar-refractivity contribution is -0.143. The van der Waals surface area contributed by atoms with Crippen molar-refractivity contribution >= 4 is 5.97 Å². The minimum absolute atomic E-state index is 0.0733. The highest BCUT2D eigenvalue weighted by molar-refractivity contribution is 5.70. The van der Waals surface area contributed by atoms with Crippen molar-refractivity contribution in [2.24, 2.45) is 0 Å². The maximum absolute atomic E-state index is 12.1. The molecule has 26 heavy (non-hydrogen) atoms. The first-order chi connectivity index (χ1) is 12.6. The number of rotatable bonds is 7. The lowest BCUT2D eigenvalue weighted by Gasteiger charge is -2.23. The fourth-order valence-corrected chi connectivity index (χ4v) is 3.50. The Kier molecular flexibility index (Phi) is 6.06. The maximum atomic E-state index is 12.1. The van der Waals surface area contributed by atoms with Gasteiger partial charge in [-0.3, -0.25) is 4.79 Å². The van der Waals surface area contributed by atoms with Gasteiger partial charge in [-0.2, -0.15) is 5.10 Å². The van der Waals surface area contributed by atoms with Gasteiger partial charge >= 0.3 is 5.97 Å². The van der Waals surface area contributed by atoms with Crippen molar-refractivity contribution in [2.75, 3.05) is 19.7 Å². The van der Waals surface area contributed by atoms with Crippen LogP contribution in [0, 0.1) is 13.8 Å². The van der Waals surface area contributed by atoms with E-state index in [1.54, 1.807) is 0 Å². The van der Waals surface area contributed by atoms with Crippen molar-refractivity contribution in [1.82, 2.24) is 20.4 Å². The fraction of sp³-hybridized carbons (Fsp3) is 0.500. The van der Waals surface area contributed by atoms with E-state index in [0.29, 0.717) is 19.1 Å². The topological polar surface area (TPSA) is 68.2 Å². The van der Waals surface area contributed by atoms with E-state index < -0.39 is 0 Å². The molecule has 3 rings (SSSR count). The molecule has 0 spiro atoms. The van der Waals surface area contributed by atoms with Crippen molar-refractivity contribution in [1.29, 1.82) is 0 Å². The van der Waals surface area contributed by atoms with Crippen LogP contribution in [0.15, 0.2) is 30.3 Å². The predicted octanol–water partition coefficient (Wildman–Crippen LogP) is 2.43. The Hall–Kier alpha value is -2.18. The second-order valence-corrected chi connectivity index (χ2v) is 6.85. The molecule has 2 atom stereocenters. The fourth-order valence-electron chi connectivity index (χ4n) is 3.50. The molecular formula is C20H28N4O2. The van der Waals surface area contributed by atoms with Crippen LogP contribution in [-0.2, 0) is 9.53 Å². The molecule has 0 bridgehead atoms. The van der Waals surface area contributed by atoms with Crippen molar-refractivity contribution in [3.05, 3.63) is 47.3 Å². The van der Waals surface area contributed by atoms with Crippen LogP contribution in [0.3, 0.4) is 0 Å². The largest absolute Gasteiger partial charge is 0.466 e. The minimum Gasteiger partial charge on any atom is -0.466 e. The number of benzene rings is 1. The number of hydrogen-bond acceptors (Lipinski definition) is 5. The molecule has 140 valence electrons. The molecule has 1 saturated heterocycles. The number of carbonyl (C=O) groups excluding carboxylic acids is 1. The summed E-state index contributed by atoms with van der Waals surface area (Å²) in [7, 11) is 0. The molecule has 1 aromatic heterocycles. The first kappa shape index (κ1) is 18.6. The third-order valence-corrected chi connectivity index (χ3v) is 4.70. The van der Waals surface area contributed by atoms with Crippen LogP contribution in [0.1, 0.15) is 42.8 Å². The van der Waals surface area contributed by atoms with E-state index in [2.05, 4.69) is 33.9 Å². The zero-order valence-electron chi connectivity index (χ0n) is 15.8. The molecule has 0 aliphatic carbocycles. The molecule has 2 N–H and O–H groups in total. The van der Waals surface area contributed by atoms with Gasteiger partial charge in [-0.05, 0) is 57.5 Å². The van der Waals surface area contributed by atoms with E-state index >= 15 is 0 Å². The zero-order chi connectivity index (χ0) is 18.5. The van der Waals surface area contributed by atoms with Crippen molar-refractivity contribution in [3.63, 3.8) is 0 Å². The minimum atomic E-state index is -0.174. The van der Waals surface area contributed by atoms with Gasteiger partial charge in [0, 0.05) is 24.3 Å². The molecule has 0 saturated carbocycles. The Labute approximate surface area is 154 Å². The van der Waals surface area contributed by atoms with Gasteiger partial charge in [0.25, 0.3) is 0 Å². The van der Waals surface area contributed by atoms with Crippen LogP contribution in [0.4, 0.5) is 0 Å². The van der Waals surface area contributed by atoms with Crippen molar-refractivity contribution in [2.45, 2.75) is 45.7 Å². The summed E-state index contributed by atoms with van der Waals surface area (Å²) in [5.41, 5.74) is 4.17. The number of nitrogens with zero attached hydrogens (tertiary/aromatic N) is 2. The normalized spacial score (nSPS) is 18.0. The number of esters is 1. The number of nitrogens with one attached hydrogen (secondary N) is 2. The van der Waals surface area contributed by atoms with Gasteiger partial charge in [-0.25, -0.2) is 4.68 Å². The van der Waals surface area contributed by atoms with E-state index in [9.17, 15) is 4.79 Å². The summed E-state index contributed by atoms with van der Waals surface area (Å²) in [4.78, 5) is 12.1. The van der Waals surface area contributed by atoms with E-state index in [0.717, 1.165) is 42.1 Å². The molecule has 2 heterocycles. The highest BCUT2D eigenvalue weighted by atomic mass is 16.5. The number of aryl methyl sites for hydroxylation is 2. The highest BCUT2D eigenvalue weighted by Crippen LogP contribution is 2.23. The quantitative estimate of drug-likeness (QED) is 0.746. The van der Waals surface area contributed by atoms with Gasteiger partial charge in [-0.15, -0.1) is 0 Å². The second kappa shape index (κ2) is 8.47. The average molecular weight is 356 g/mol. The van der Waals surface area contributed by atoms with Gasteiger partial charge in [0.05, 0.1) is 24.4 Å². The third-order valence-electron chi connectivity index (χ3n) is 4.70. The molecule has 1 fully saturated rings. The van der Waals surface area contributed by atoms with Gasteiger partial charge in [0.15, 0.2) is 0 Å². The van der Waals surface area contributed by atoms with Crippen molar-refractivity contribution in [3.8, 4) is 5.69 Å². The summed E-state index contributed by atoms with van der Waals surface area (Å²) in [5, 5.41) is 11.6. The number of hydrogen-bond donors (Lipinski definition) is 2. The van der Waals surface area contributed by atoms with Crippen molar-refractivity contribution < 1.29 is 9.53 Å². The van der Waals surface area contributed by atoms with Crippen LogP contribution in [0.25, 0.3) is 5.69 Å². The Bertz CT molecular complexity index is 750. The predicted molar refractivity (Wildman–Crippen MR) is 101 cm³/mol. The highest BCUT2D eigenvalue weighted by Gasteiger charge is 2.23. The zero-order valence-corrected chi connectivity index (χ0v) is 15.8. The van der Waals surface area contributed by atoms with Gasteiger partial charge < -0.3 is 15.4 Å². The Morgan fingerprint density at radius 1 is 1.42 bits per heavy atom. The van der Waals surface area contributed by atoms with Gasteiger partial charge in [0.1, 0.15) is 0 Å². The Morgan fingerprint density at radius 3 is 2.92 bits per heavy atom. The number of ether oxygens (including phenoxy) is 1. The molecule has 1 aliphatic heterocycles. The van der Waals surface area contributed by atoms with Gasteiger partial charge in [-0.1, -0.05) is 12.1 Å². The van der Waals surface area contributed by atoms with Crippen LogP contribution < -0.4 is 10.6 Å². The first-order valence-electron chi connectivity index (χ1n) is 9.32. The lowest BCUT2D eigenvalue weighted by Crippen LogP contribution is -2.35.